The third-order valence-electron chi connectivity index (χ3n) is 3.01. The van der Waals surface area contributed by atoms with Gasteiger partial charge in [-0.05, 0) is 45.6 Å². The Morgan fingerprint density at radius 3 is 2.69 bits per heavy atom. The van der Waals surface area contributed by atoms with Crippen LogP contribution in [-0.4, -0.2) is 43.0 Å². The Labute approximate surface area is 98.6 Å². The normalized spacial score (nSPS) is 15.8. The van der Waals surface area contributed by atoms with E-state index < -0.39 is 0 Å². The zero-order chi connectivity index (χ0) is 12.0. The molecule has 1 fully saturated rings. The summed E-state index contributed by atoms with van der Waals surface area (Å²) >= 11 is 0. The maximum absolute atomic E-state index is 11.7. The highest BCUT2D eigenvalue weighted by molar-refractivity contribution is 5.78. The molecule has 3 N–H and O–H groups in total. The van der Waals surface area contributed by atoms with Crippen LogP contribution in [0.5, 0.6) is 0 Å². The molecule has 0 spiro atoms. The Balaban J connectivity index is 2.19. The van der Waals surface area contributed by atoms with Gasteiger partial charge in [-0.1, -0.05) is 0 Å². The molecule has 0 unspecified atom stereocenters. The molecule has 0 aliphatic heterocycles. The Hall–Kier alpha value is -0.610. The summed E-state index contributed by atoms with van der Waals surface area (Å²) in [6, 6.07) is 0.401. The minimum Gasteiger partial charge on any atom is -0.355 e. The highest BCUT2D eigenvalue weighted by Crippen LogP contribution is 2.27. The number of amides is 1. The van der Waals surface area contributed by atoms with Crippen molar-refractivity contribution in [2.75, 3.05) is 26.2 Å². The number of nitrogens with zero attached hydrogens (tertiary/aromatic N) is 1. The second-order valence-corrected chi connectivity index (χ2v) is 4.95. The zero-order valence-electron chi connectivity index (χ0n) is 10.5. The standard InChI is InChI=1S/C12H25N3O/c1-10(2)15(7-3-6-13)9-12(16)14-8-11-4-5-11/h10-11H,3-9,13H2,1-2H3,(H,14,16). The zero-order valence-corrected chi connectivity index (χ0v) is 10.5. The topological polar surface area (TPSA) is 58.4 Å². The van der Waals surface area contributed by atoms with Gasteiger partial charge in [-0.2, -0.15) is 0 Å². The fraction of sp³-hybridized carbons (Fsp3) is 0.917. The predicted molar refractivity (Wildman–Crippen MR) is 66.1 cm³/mol. The van der Waals surface area contributed by atoms with E-state index in [2.05, 4.69) is 24.1 Å². The highest BCUT2D eigenvalue weighted by atomic mass is 16.2. The third kappa shape index (κ3) is 5.47. The molecule has 4 heteroatoms. The van der Waals surface area contributed by atoms with E-state index >= 15 is 0 Å². The summed E-state index contributed by atoms with van der Waals surface area (Å²) < 4.78 is 0. The van der Waals surface area contributed by atoms with Gasteiger partial charge in [-0.15, -0.1) is 0 Å². The van der Waals surface area contributed by atoms with Gasteiger partial charge in [0.05, 0.1) is 6.54 Å². The third-order valence-corrected chi connectivity index (χ3v) is 3.01. The first-order valence-corrected chi connectivity index (χ1v) is 6.34. The molecule has 16 heavy (non-hydrogen) atoms. The molecule has 1 aliphatic rings. The molecule has 1 saturated carbocycles. The fourth-order valence-corrected chi connectivity index (χ4v) is 1.63. The lowest BCUT2D eigenvalue weighted by atomic mass is 10.2. The van der Waals surface area contributed by atoms with E-state index in [0.717, 1.165) is 25.4 Å². The maximum atomic E-state index is 11.7. The van der Waals surface area contributed by atoms with Crippen LogP contribution in [0.15, 0.2) is 0 Å². The van der Waals surface area contributed by atoms with Crippen molar-refractivity contribution in [3.8, 4) is 0 Å². The summed E-state index contributed by atoms with van der Waals surface area (Å²) in [7, 11) is 0. The molecule has 0 aromatic rings. The molecule has 0 atom stereocenters. The van der Waals surface area contributed by atoms with Crippen molar-refractivity contribution in [3.05, 3.63) is 0 Å². The van der Waals surface area contributed by atoms with Gasteiger partial charge in [0.25, 0.3) is 0 Å². The predicted octanol–water partition coefficient (Wildman–Crippen LogP) is 0.572. The van der Waals surface area contributed by atoms with Crippen molar-refractivity contribution in [1.29, 1.82) is 0 Å². The molecule has 1 amide bonds. The first-order chi connectivity index (χ1) is 7.63. The van der Waals surface area contributed by atoms with Crippen molar-refractivity contribution >= 4 is 5.91 Å². The van der Waals surface area contributed by atoms with E-state index in [1.807, 2.05) is 0 Å². The number of carbonyl (C=O) groups is 1. The van der Waals surface area contributed by atoms with E-state index in [1.54, 1.807) is 0 Å². The first kappa shape index (κ1) is 13.5. The summed E-state index contributed by atoms with van der Waals surface area (Å²) in [5, 5.41) is 2.99. The van der Waals surface area contributed by atoms with Crippen LogP contribution < -0.4 is 11.1 Å². The second kappa shape index (κ2) is 6.86. The molecule has 0 bridgehead atoms. The summed E-state index contributed by atoms with van der Waals surface area (Å²) in [6.45, 7) is 7.19. The number of hydrogen-bond acceptors (Lipinski definition) is 3. The Bertz CT molecular complexity index is 214. The van der Waals surface area contributed by atoms with Crippen LogP contribution in [0.1, 0.15) is 33.1 Å². The Kier molecular flexibility index (Phi) is 5.77. The minimum atomic E-state index is 0.151. The van der Waals surface area contributed by atoms with Gasteiger partial charge in [0.2, 0.25) is 5.91 Å². The molecular formula is C12H25N3O. The monoisotopic (exact) mass is 227 g/mol. The quantitative estimate of drug-likeness (QED) is 0.637. The molecule has 1 aliphatic carbocycles. The van der Waals surface area contributed by atoms with Crippen LogP contribution >= 0.6 is 0 Å². The molecule has 0 aromatic carbocycles. The Morgan fingerprint density at radius 1 is 1.50 bits per heavy atom. The summed E-state index contributed by atoms with van der Waals surface area (Å²) in [5.74, 6) is 0.901. The lowest BCUT2D eigenvalue weighted by Crippen LogP contribution is -2.42. The van der Waals surface area contributed by atoms with Gasteiger partial charge in [-0.3, -0.25) is 9.69 Å². The summed E-state index contributed by atoms with van der Waals surface area (Å²) in [6.07, 6.45) is 3.51. The van der Waals surface area contributed by atoms with Gasteiger partial charge in [0, 0.05) is 19.1 Å². The molecule has 0 saturated heterocycles. The van der Waals surface area contributed by atoms with Gasteiger partial charge in [0.15, 0.2) is 0 Å². The van der Waals surface area contributed by atoms with Crippen LogP contribution in [0.2, 0.25) is 0 Å². The van der Waals surface area contributed by atoms with Crippen LogP contribution in [0.3, 0.4) is 0 Å². The minimum absolute atomic E-state index is 0.151. The van der Waals surface area contributed by atoms with E-state index in [1.165, 1.54) is 12.8 Å². The van der Waals surface area contributed by atoms with E-state index in [0.29, 0.717) is 19.1 Å². The number of nitrogens with one attached hydrogen (secondary N) is 1. The van der Waals surface area contributed by atoms with E-state index in [9.17, 15) is 4.79 Å². The highest BCUT2D eigenvalue weighted by Gasteiger charge is 2.22. The second-order valence-electron chi connectivity index (χ2n) is 4.95. The summed E-state index contributed by atoms with van der Waals surface area (Å²) in [5.41, 5.74) is 5.49. The largest absolute Gasteiger partial charge is 0.355 e. The fourth-order valence-electron chi connectivity index (χ4n) is 1.63. The van der Waals surface area contributed by atoms with Crippen molar-refractivity contribution < 1.29 is 4.79 Å². The number of carbonyl (C=O) groups excluding carboxylic acids is 1. The molecule has 94 valence electrons. The molecular weight excluding hydrogens is 202 g/mol. The molecule has 0 heterocycles. The van der Waals surface area contributed by atoms with E-state index in [-0.39, 0.29) is 5.91 Å². The maximum Gasteiger partial charge on any atom is 0.234 e. The molecule has 1 rings (SSSR count). The number of nitrogens with two attached hydrogens (primary N) is 1. The molecule has 0 radical (unpaired) electrons. The number of rotatable bonds is 8. The number of hydrogen-bond donors (Lipinski definition) is 2. The Morgan fingerprint density at radius 2 is 2.19 bits per heavy atom. The van der Waals surface area contributed by atoms with Gasteiger partial charge < -0.3 is 11.1 Å². The SMILES string of the molecule is CC(C)N(CCCN)CC(=O)NCC1CC1. The van der Waals surface area contributed by atoms with E-state index in [4.69, 9.17) is 5.73 Å². The smallest absolute Gasteiger partial charge is 0.234 e. The van der Waals surface area contributed by atoms with Crippen molar-refractivity contribution in [2.45, 2.75) is 39.2 Å². The molecule has 0 aromatic heterocycles. The molecule has 4 nitrogen and oxygen atoms in total. The lowest BCUT2D eigenvalue weighted by molar-refractivity contribution is -0.122. The van der Waals surface area contributed by atoms with Crippen LogP contribution in [0.4, 0.5) is 0 Å². The van der Waals surface area contributed by atoms with Crippen LogP contribution in [-0.2, 0) is 4.79 Å². The van der Waals surface area contributed by atoms with Crippen LogP contribution in [0, 0.1) is 5.92 Å². The van der Waals surface area contributed by atoms with Crippen molar-refractivity contribution in [1.82, 2.24) is 10.2 Å². The lowest BCUT2D eigenvalue weighted by Gasteiger charge is -2.25. The summed E-state index contributed by atoms with van der Waals surface area (Å²) in [4.78, 5) is 13.8. The average Bonchev–Trinajstić information content (AvgIpc) is 3.04. The van der Waals surface area contributed by atoms with Crippen LogP contribution in [0.25, 0.3) is 0 Å². The average molecular weight is 227 g/mol. The van der Waals surface area contributed by atoms with Crippen molar-refractivity contribution in [2.24, 2.45) is 11.7 Å². The first-order valence-electron chi connectivity index (χ1n) is 6.34. The van der Waals surface area contributed by atoms with Gasteiger partial charge in [0.1, 0.15) is 0 Å². The van der Waals surface area contributed by atoms with Crippen molar-refractivity contribution in [3.63, 3.8) is 0 Å². The van der Waals surface area contributed by atoms with Gasteiger partial charge in [-0.25, -0.2) is 0 Å². The van der Waals surface area contributed by atoms with Gasteiger partial charge >= 0.3 is 0 Å².